The molecule has 0 fully saturated rings. The van der Waals surface area contributed by atoms with Gasteiger partial charge < -0.3 is 5.73 Å². The van der Waals surface area contributed by atoms with Crippen LogP contribution in [0.15, 0.2) is 0 Å². The Balaban J connectivity index is 2.97. The van der Waals surface area contributed by atoms with Gasteiger partial charge in [-0.3, -0.25) is 4.68 Å². The maximum absolute atomic E-state index is 5.77. The number of anilines is 1. The van der Waals surface area contributed by atoms with Gasteiger partial charge in [0.2, 0.25) is 0 Å². The summed E-state index contributed by atoms with van der Waals surface area (Å²) in [5.41, 5.74) is 7.43. The van der Waals surface area contributed by atoms with Gasteiger partial charge in [-0.2, -0.15) is 5.10 Å². The molecule has 13 heavy (non-hydrogen) atoms. The van der Waals surface area contributed by atoms with E-state index in [4.69, 9.17) is 5.73 Å². The highest BCUT2D eigenvalue weighted by Crippen LogP contribution is 2.20. The summed E-state index contributed by atoms with van der Waals surface area (Å²) in [5, 5.41) is 5.08. The van der Waals surface area contributed by atoms with Gasteiger partial charge in [0.1, 0.15) is 11.6 Å². The monoisotopic (exact) mass is 177 g/mol. The molecule has 68 valence electrons. The van der Waals surface area contributed by atoms with Gasteiger partial charge in [0, 0.05) is 7.05 Å². The lowest BCUT2D eigenvalue weighted by Crippen LogP contribution is -1.99. The Morgan fingerprint density at radius 2 is 1.92 bits per heavy atom. The van der Waals surface area contributed by atoms with Crippen LogP contribution in [0.3, 0.4) is 0 Å². The van der Waals surface area contributed by atoms with Gasteiger partial charge >= 0.3 is 0 Å². The lowest BCUT2D eigenvalue weighted by molar-refractivity contribution is 0.771. The molecule has 0 saturated carbocycles. The SMILES string of the molecule is Cc1nc(N)c2c(C)nn(C)c2n1. The van der Waals surface area contributed by atoms with Crippen LogP contribution in [0.4, 0.5) is 5.82 Å². The molecule has 0 spiro atoms. The topological polar surface area (TPSA) is 69.6 Å². The van der Waals surface area contributed by atoms with E-state index in [9.17, 15) is 0 Å². The summed E-state index contributed by atoms with van der Waals surface area (Å²) in [5.74, 6) is 1.18. The second-order valence-electron chi connectivity index (χ2n) is 3.06. The molecule has 0 aromatic carbocycles. The molecule has 2 heterocycles. The molecule has 0 radical (unpaired) electrons. The van der Waals surface area contributed by atoms with Crippen molar-refractivity contribution in [2.75, 3.05) is 5.73 Å². The number of hydrogen-bond donors (Lipinski definition) is 1. The van der Waals surface area contributed by atoms with E-state index in [-0.39, 0.29) is 0 Å². The van der Waals surface area contributed by atoms with E-state index >= 15 is 0 Å². The molecule has 0 bridgehead atoms. The number of fused-ring (bicyclic) bond motifs is 1. The number of nitrogens with two attached hydrogens (primary N) is 1. The van der Waals surface area contributed by atoms with Gasteiger partial charge in [-0.25, -0.2) is 9.97 Å². The highest BCUT2D eigenvalue weighted by molar-refractivity contribution is 5.88. The molecule has 2 aromatic heterocycles. The van der Waals surface area contributed by atoms with Gasteiger partial charge in [0.05, 0.1) is 11.1 Å². The second-order valence-corrected chi connectivity index (χ2v) is 3.06. The number of nitrogens with zero attached hydrogens (tertiary/aromatic N) is 4. The van der Waals surface area contributed by atoms with Gasteiger partial charge in [0.15, 0.2) is 5.65 Å². The molecule has 5 nitrogen and oxygen atoms in total. The molecule has 0 unspecified atom stereocenters. The molecule has 2 rings (SSSR count). The first-order chi connectivity index (χ1) is 6.09. The first-order valence-corrected chi connectivity index (χ1v) is 4.03. The predicted molar refractivity (Wildman–Crippen MR) is 50.2 cm³/mol. The molecule has 0 aliphatic heterocycles. The fraction of sp³-hybridized carbons (Fsp3) is 0.375. The molecule has 0 aliphatic carbocycles. The smallest absolute Gasteiger partial charge is 0.163 e. The summed E-state index contributed by atoms with van der Waals surface area (Å²) in [6.07, 6.45) is 0. The first kappa shape index (κ1) is 7.97. The van der Waals surface area contributed by atoms with Gasteiger partial charge in [-0.1, -0.05) is 0 Å². The van der Waals surface area contributed by atoms with E-state index in [2.05, 4.69) is 15.1 Å². The minimum atomic E-state index is 0.508. The Morgan fingerprint density at radius 1 is 1.23 bits per heavy atom. The zero-order valence-corrected chi connectivity index (χ0v) is 7.87. The largest absolute Gasteiger partial charge is 0.383 e. The van der Waals surface area contributed by atoms with Crippen molar-refractivity contribution >= 4 is 16.9 Å². The summed E-state index contributed by atoms with van der Waals surface area (Å²) in [6, 6.07) is 0. The lowest BCUT2D eigenvalue weighted by Gasteiger charge is -1.98. The van der Waals surface area contributed by atoms with Crippen molar-refractivity contribution in [3.8, 4) is 0 Å². The number of rotatable bonds is 0. The van der Waals surface area contributed by atoms with Gasteiger partial charge in [0.25, 0.3) is 0 Å². The highest BCUT2D eigenvalue weighted by Gasteiger charge is 2.10. The Labute approximate surface area is 75.6 Å². The Morgan fingerprint density at radius 3 is 2.62 bits per heavy atom. The molecule has 2 N–H and O–H groups in total. The van der Waals surface area contributed by atoms with E-state index in [0.29, 0.717) is 11.6 Å². The van der Waals surface area contributed by atoms with Crippen LogP contribution in [-0.4, -0.2) is 19.7 Å². The zero-order valence-electron chi connectivity index (χ0n) is 7.87. The average molecular weight is 177 g/mol. The second kappa shape index (κ2) is 2.42. The minimum Gasteiger partial charge on any atom is -0.383 e. The summed E-state index contributed by atoms with van der Waals surface area (Å²) in [4.78, 5) is 8.36. The van der Waals surface area contributed by atoms with E-state index in [1.54, 1.807) is 4.68 Å². The molecule has 0 aliphatic rings. The summed E-state index contributed by atoms with van der Waals surface area (Å²) in [7, 11) is 1.85. The minimum absolute atomic E-state index is 0.508. The van der Waals surface area contributed by atoms with Gasteiger partial charge in [-0.05, 0) is 13.8 Å². The molecule has 5 heteroatoms. The maximum atomic E-state index is 5.77. The van der Waals surface area contributed by atoms with E-state index < -0.39 is 0 Å². The molecular weight excluding hydrogens is 166 g/mol. The maximum Gasteiger partial charge on any atom is 0.163 e. The normalized spacial score (nSPS) is 11.0. The average Bonchev–Trinajstić information content (AvgIpc) is 2.27. The molecular formula is C8H11N5. The van der Waals surface area contributed by atoms with Crippen molar-refractivity contribution in [1.82, 2.24) is 19.7 Å². The van der Waals surface area contributed by atoms with Crippen LogP contribution in [0.2, 0.25) is 0 Å². The van der Waals surface area contributed by atoms with Crippen molar-refractivity contribution in [3.63, 3.8) is 0 Å². The Hall–Kier alpha value is -1.65. The third-order valence-electron chi connectivity index (χ3n) is 2.00. The van der Waals surface area contributed by atoms with Crippen molar-refractivity contribution in [1.29, 1.82) is 0 Å². The molecule has 0 amide bonds. The number of hydrogen-bond acceptors (Lipinski definition) is 4. The van der Waals surface area contributed by atoms with Gasteiger partial charge in [-0.15, -0.1) is 0 Å². The standard InChI is InChI=1S/C8H11N5/c1-4-6-7(9)10-5(2)11-8(6)13(3)12-4/h1-3H3,(H2,9,10,11). The fourth-order valence-electron chi connectivity index (χ4n) is 1.48. The summed E-state index contributed by atoms with van der Waals surface area (Å²) >= 11 is 0. The van der Waals surface area contributed by atoms with E-state index in [0.717, 1.165) is 16.7 Å². The molecule has 2 aromatic rings. The Kier molecular flexibility index (Phi) is 1.48. The van der Waals surface area contributed by atoms with Crippen molar-refractivity contribution in [2.45, 2.75) is 13.8 Å². The molecule has 0 saturated heterocycles. The quantitative estimate of drug-likeness (QED) is 0.638. The van der Waals surface area contributed by atoms with E-state index in [1.807, 2.05) is 20.9 Å². The molecule has 0 atom stereocenters. The number of aromatic nitrogens is 4. The number of nitrogen functional groups attached to an aromatic ring is 1. The van der Waals surface area contributed by atoms with Crippen LogP contribution in [0, 0.1) is 13.8 Å². The van der Waals surface area contributed by atoms with E-state index in [1.165, 1.54) is 0 Å². The van der Waals surface area contributed by atoms with Crippen LogP contribution in [0.25, 0.3) is 11.0 Å². The van der Waals surface area contributed by atoms with Crippen LogP contribution in [0.1, 0.15) is 11.5 Å². The third-order valence-corrected chi connectivity index (χ3v) is 2.00. The first-order valence-electron chi connectivity index (χ1n) is 4.03. The summed E-state index contributed by atoms with van der Waals surface area (Å²) < 4.78 is 1.72. The van der Waals surface area contributed by atoms with Crippen LogP contribution in [-0.2, 0) is 7.05 Å². The van der Waals surface area contributed by atoms with Crippen molar-refractivity contribution in [2.24, 2.45) is 7.05 Å². The van der Waals surface area contributed by atoms with Crippen molar-refractivity contribution in [3.05, 3.63) is 11.5 Å². The third kappa shape index (κ3) is 1.04. The van der Waals surface area contributed by atoms with Crippen LogP contribution < -0.4 is 5.73 Å². The number of aryl methyl sites for hydroxylation is 3. The fourth-order valence-corrected chi connectivity index (χ4v) is 1.48. The van der Waals surface area contributed by atoms with Crippen LogP contribution in [0.5, 0.6) is 0 Å². The highest BCUT2D eigenvalue weighted by atomic mass is 15.3. The zero-order chi connectivity index (χ0) is 9.59. The van der Waals surface area contributed by atoms with Crippen molar-refractivity contribution < 1.29 is 0 Å². The predicted octanol–water partition coefficient (Wildman–Crippen LogP) is 0.562. The van der Waals surface area contributed by atoms with Crippen LogP contribution >= 0.6 is 0 Å². The summed E-state index contributed by atoms with van der Waals surface area (Å²) in [6.45, 7) is 3.72. The Bertz CT molecular complexity index is 471. The lowest BCUT2D eigenvalue weighted by atomic mass is 10.3.